The number of hydrogen-bond acceptors (Lipinski definition) is 6. The molecule has 3 heterocycles. The van der Waals surface area contributed by atoms with Gasteiger partial charge in [0, 0.05) is 10.0 Å². The number of anilines is 1. The molecule has 3 N–H and O–H groups in total. The summed E-state index contributed by atoms with van der Waals surface area (Å²) in [4.78, 5) is 31.3. The number of H-pyrrole nitrogens is 2. The monoisotopic (exact) mass is 443 g/mol. The molecule has 0 spiro atoms. The number of hydrogen-bond donors (Lipinski definition) is 3. The number of fused-ring (bicyclic) bond motifs is 1. The van der Waals surface area contributed by atoms with Gasteiger partial charge in [-0.2, -0.15) is 4.98 Å². The second-order valence-corrected chi connectivity index (χ2v) is 7.17. The van der Waals surface area contributed by atoms with Gasteiger partial charge in [-0.25, -0.2) is 14.8 Å². The first-order chi connectivity index (χ1) is 13.5. The van der Waals surface area contributed by atoms with Gasteiger partial charge in [0.25, 0.3) is 0 Å². The van der Waals surface area contributed by atoms with Crippen LogP contribution in [0.15, 0.2) is 39.9 Å². The lowest BCUT2D eigenvalue weighted by Crippen LogP contribution is -2.18. The number of rotatable bonds is 6. The Kier molecular flexibility index (Phi) is 4.86. The van der Waals surface area contributed by atoms with Gasteiger partial charge in [-0.3, -0.25) is 4.57 Å². The van der Waals surface area contributed by atoms with Crippen LogP contribution in [-0.2, 0) is 13.1 Å². The first kappa shape index (κ1) is 18.2. The summed E-state index contributed by atoms with van der Waals surface area (Å²) in [5.74, 6) is 1.97. The van der Waals surface area contributed by atoms with E-state index in [0.717, 1.165) is 21.6 Å². The van der Waals surface area contributed by atoms with Gasteiger partial charge in [0.15, 0.2) is 5.65 Å². The summed E-state index contributed by atoms with van der Waals surface area (Å²) in [5.41, 5.74) is 2.62. The van der Waals surface area contributed by atoms with E-state index >= 15 is 0 Å². The molecule has 144 valence electrons. The van der Waals surface area contributed by atoms with E-state index in [1.165, 1.54) is 0 Å². The number of ether oxygens (including phenoxy) is 1. The molecule has 4 rings (SSSR count). The highest BCUT2D eigenvalue weighted by molar-refractivity contribution is 9.10. The molecule has 0 atom stereocenters. The van der Waals surface area contributed by atoms with E-state index in [-0.39, 0.29) is 5.69 Å². The Morgan fingerprint density at radius 1 is 1.25 bits per heavy atom. The van der Waals surface area contributed by atoms with Crippen LogP contribution in [0, 0.1) is 6.92 Å². The molecule has 28 heavy (non-hydrogen) atoms. The number of benzene rings is 1. The Balaban J connectivity index is 1.66. The minimum Gasteiger partial charge on any atom is -0.496 e. The quantitative estimate of drug-likeness (QED) is 0.421. The lowest BCUT2D eigenvalue weighted by molar-refractivity contribution is 0.408. The second-order valence-electron chi connectivity index (χ2n) is 6.25. The summed E-state index contributed by atoms with van der Waals surface area (Å²) in [6, 6.07) is 5.67. The summed E-state index contributed by atoms with van der Waals surface area (Å²) in [6.45, 7) is 2.71. The van der Waals surface area contributed by atoms with E-state index in [4.69, 9.17) is 4.74 Å². The summed E-state index contributed by atoms with van der Waals surface area (Å²) >= 11 is 3.46. The maximum atomic E-state index is 12.5. The Morgan fingerprint density at radius 3 is 2.86 bits per heavy atom. The number of nitrogens with one attached hydrogen (secondary N) is 3. The molecule has 10 heteroatoms. The van der Waals surface area contributed by atoms with Gasteiger partial charge >= 0.3 is 5.69 Å². The van der Waals surface area contributed by atoms with Crippen LogP contribution in [0.4, 0.5) is 5.95 Å². The lowest BCUT2D eigenvalue weighted by atomic mass is 10.2. The van der Waals surface area contributed by atoms with Crippen LogP contribution >= 0.6 is 15.9 Å². The Bertz CT molecular complexity index is 1190. The molecule has 9 nitrogen and oxygen atoms in total. The highest BCUT2D eigenvalue weighted by atomic mass is 79.9. The molecule has 0 saturated carbocycles. The van der Waals surface area contributed by atoms with Gasteiger partial charge in [-0.15, -0.1) is 0 Å². The molecule has 0 saturated heterocycles. The van der Waals surface area contributed by atoms with E-state index in [1.54, 1.807) is 24.1 Å². The van der Waals surface area contributed by atoms with E-state index in [1.807, 2.05) is 25.1 Å². The molecule has 0 unspecified atom stereocenters. The van der Waals surface area contributed by atoms with Crippen molar-refractivity contribution in [2.45, 2.75) is 20.0 Å². The number of methoxy groups -OCH3 is 1. The van der Waals surface area contributed by atoms with Crippen LogP contribution in [0.3, 0.4) is 0 Å². The number of nitrogens with zero attached hydrogens (tertiary/aromatic N) is 4. The molecule has 0 aliphatic carbocycles. The average molecular weight is 444 g/mol. The van der Waals surface area contributed by atoms with E-state index < -0.39 is 0 Å². The topological polar surface area (TPSA) is 114 Å². The number of aryl methyl sites for hydroxylation is 1. The number of halogens is 1. The van der Waals surface area contributed by atoms with Crippen LogP contribution in [0.2, 0.25) is 0 Å². The van der Waals surface area contributed by atoms with Crippen molar-refractivity contribution < 1.29 is 4.74 Å². The van der Waals surface area contributed by atoms with Crippen LogP contribution < -0.4 is 15.7 Å². The fourth-order valence-electron chi connectivity index (χ4n) is 2.95. The van der Waals surface area contributed by atoms with Crippen molar-refractivity contribution in [1.82, 2.24) is 29.5 Å². The SMILES string of the molecule is COc1ccc(Br)cc1Cn1c(=O)[nH]c2cnc(NCc3cnc(C)[nH]3)nc21. The predicted octanol–water partition coefficient (Wildman–Crippen LogP) is 2.58. The first-order valence-electron chi connectivity index (χ1n) is 8.56. The largest absolute Gasteiger partial charge is 0.496 e. The third-order valence-corrected chi connectivity index (χ3v) is 4.77. The minimum atomic E-state index is -0.257. The first-order valence-corrected chi connectivity index (χ1v) is 9.35. The zero-order chi connectivity index (χ0) is 19.7. The zero-order valence-corrected chi connectivity index (χ0v) is 16.9. The van der Waals surface area contributed by atoms with E-state index in [9.17, 15) is 4.79 Å². The summed E-state index contributed by atoms with van der Waals surface area (Å²) in [6.07, 6.45) is 3.35. The van der Waals surface area contributed by atoms with Crippen molar-refractivity contribution in [3.8, 4) is 5.75 Å². The maximum absolute atomic E-state index is 12.5. The molecule has 4 aromatic rings. The van der Waals surface area contributed by atoms with Gasteiger partial charge in [0.1, 0.15) is 17.1 Å². The average Bonchev–Trinajstić information content (AvgIpc) is 3.23. The Morgan fingerprint density at radius 2 is 2.11 bits per heavy atom. The third-order valence-electron chi connectivity index (χ3n) is 4.27. The molecule has 0 fully saturated rings. The molecule has 1 aromatic carbocycles. The molecule has 3 aromatic heterocycles. The Hall–Kier alpha value is -3.14. The number of aromatic amines is 2. The maximum Gasteiger partial charge on any atom is 0.328 e. The third kappa shape index (κ3) is 3.63. The van der Waals surface area contributed by atoms with Gasteiger partial charge in [-0.1, -0.05) is 15.9 Å². The van der Waals surface area contributed by atoms with Crippen molar-refractivity contribution in [2.24, 2.45) is 0 Å². The number of imidazole rings is 2. The van der Waals surface area contributed by atoms with Crippen LogP contribution in [-0.4, -0.2) is 36.6 Å². The smallest absolute Gasteiger partial charge is 0.328 e. The highest BCUT2D eigenvalue weighted by Crippen LogP contribution is 2.24. The minimum absolute atomic E-state index is 0.257. The van der Waals surface area contributed by atoms with Gasteiger partial charge < -0.3 is 20.0 Å². The summed E-state index contributed by atoms with van der Waals surface area (Å²) < 4.78 is 7.88. The molecule has 0 aliphatic heterocycles. The lowest BCUT2D eigenvalue weighted by Gasteiger charge is -2.10. The van der Waals surface area contributed by atoms with Gasteiger partial charge in [-0.05, 0) is 25.1 Å². The van der Waals surface area contributed by atoms with E-state index in [0.29, 0.717) is 36.0 Å². The molecular weight excluding hydrogens is 426 g/mol. The predicted molar refractivity (Wildman–Crippen MR) is 109 cm³/mol. The van der Waals surface area contributed by atoms with Gasteiger partial charge in [0.2, 0.25) is 5.95 Å². The van der Waals surface area contributed by atoms with Crippen molar-refractivity contribution in [1.29, 1.82) is 0 Å². The molecule has 0 amide bonds. The molecular formula is C18H18BrN7O2. The molecule has 0 aliphatic rings. The van der Waals surface area contributed by atoms with Crippen LogP contribution in [0.1, 0.15) is 17.1 Å². The van der Waals surface area contributed by atoms with Crippen molar-refractivity contribution in [2.75, 3.05) is 12.4 Å². The molecule has 0 radical (unpaired) electrons. The van der Waals surface area contributed by atoms with Crippen LogP contribution in [0.25, 0.3) is 11.2 Å². The zero-order valence-electron chi connectivity index (χ0n) is 15.3. The summed E-state index contributed by atoms with van der Waals surface area (Å²) in [7, 11) is 1.60. The van der Waals surface area contributed by atoms with Crippen LogP contribution in [0.5, 0.6) is 5.75 Å². The van der Waals surface area contributed by atoms with Crippen molar-refractivity contribution in [3.63, 3.8) is 0 Å². The van der Waals surface area contributed by atoms with Gasteiger partial charge in [0.05, 0.1) is 38.3 Å². The van der Waals surface area contributed by atoms with Crippen molar-refractivity contribution in [3.05, 3.63) is 62.6 Å². The molecule has 0 bridgehead atoms. The fraction of sp³-hybridized carbons (Fsp3) is 0.222. The van der Waals surface area contributed by atoms with Crippen molar-refractivity contribution >= 4 is 33.0 Å². The number of aromatic nitrogens is 6. The van der Waals surface area contributed by atoms with E-state index in [2.05, 4.69) is 46.2 Å². The normalized spacial score (nSPS) is 11.1. The summed E-state index contributed by atoms with van der Waals surface area (Å²) in [5, 5.41) is 3.14. The highest BCUT2D eigenvalue weighted by Gasteiger charge is 2.13. The standard InChI is InChI=1S/C18H18BrN7O2/c1-10-20-6-13(23-10)7-21-17-22-8-14-16(25-17)26(18(27)24-14)9-11-5-12(19)3-4-15(11)28-2/h3-6,8H,7,9H2,1-2H3,(H,20,23)(H,24,27)(H,21,22,25). The fourth-order valence-corrected chi connectivity index (χ4v) is 3.36. The second kappa shape index (κ2) is 7.47. The Labute approximate surface area is 168 Å².